The molecule has 1 aliphatic rings. The van der Waals surface area contributed by atoms with Crippen molar-refractivity contribution in [2.75, 3.05) is 18.8 Å². The van der Waals surface area contributed by atoms with Gasteiger partial charge in [0.1, 0.15) is 11.0 Å². The zero-order chi connectivity index (χ0) is 14.8. The van der Waals surface area contributed by atoms with Crippen molar-refractivity contribution >= 4 is 15.7 Å². The van der Waals surface area contributed by atoms with Gasteiger partial charge in [-0.1, -0.05) is 5.92 Å². The summed E-state index contributed by atoms with van der Waals surface area (Å²) in [5.74, 6) is 2.74. The first-order chi connectivity index (χ1) is 9.48. The van der Waals surface area contributed by atoms with Crippen molar-refractivity contribution in [1.82, 2.24) is 4.31 Å². The minimum Gasteiger partial charge on any atom is -0.399 e. The van der Waals surface area contributed by atoms with Crippen LogP contribution in [-0.4, -0.2) is 25.8 Å². The average molecular weight is 289 g/mol. The topological polar surface area (TPSA) is 87.2 Å². The summed E-state index contributed by atoms with van der Waals surface area (Å²) in [6, 6.07) is 6.06. The van der Waals surface area contributed by atoms with E-state index in [-0.39, 0.29) is 17.0 Å². The first-order valence-corrected chi connectivity index (χ1v) is 7.66. The van der Waals surface area contributed by atoms with E-state index in [0.29, 0.717) is 18.2 Å². The van der Waals surface area contributed by atoms with Crippen LogP contribution in [0, 0.1) is 29.6 Å². The molecule has 1 saturated carbocycles. The quantitative estimate of drug-likeness (QED) is 0.651. The fourth-order valence-electron chi connectivity index (χ4n) is 1.94. The summed E-state index contributed by atoms with van der Waals surface area (Å²) in [5, 5.41) is 9.08. The van der Waals surface area contributed by atoms with E-state index < -0.39 is 10.0 Å². The summed E-state index contributed by atoms with van der Waals surface area (Å²) in [5.41, 5.74) is 5.98. The van der Waals surface area contributed by atoms with Gasteiger partial charge >= 0.3 is 0 Å². The number of hydrogen-bond acceptors (Lipinski definition) is 4. The van der Waals surface area contributed by atoms with Crippen molar-refractivity contribution in [3.8, 4) is 18.4 Å². The highest BCUT2D eigenvalue weighted by Crippen LogP contribution is 2.32. The van der Waals surface area contributed by atoms with Crippen molar-refractivity contribution in [3.05, 3.63) is 23.8 Å². The molecule has 0 radical (unpaired) electrons. The smallest absolute Gasteiger partial charge is 0.245 e. The fraction of sp³-hybridized carbons (Fsp3) is 0.357. The monoisotopic (exact) mass is 289 g/mol. The lowest BCUT2D eigenvalue weighted by atomic mass is 10.2. The molecule has 0 bridgehead atoms. The van der Waals surface area contributed by atoms with Gasteiger partial charge in [-0.2, -0.15) is 9.57 Å². The van der Waals surface area contributed by atoms with E-state index >= 15 is 0 Å². The molecule has 0 saturated heterocycles. The van der Waals surface area contributed by atoms with Gasteiger partial charge in [-0.25, -0.2) is 8.42 Å². The number of sulfonamides is 1. The minimum atomic E-state index is -3.77. The summed E-state index contributed by atoms with van der Waals surface area (Å²) >= 11 is 0. The highest BCUT2D eigenvalue weighted by atomic mass is 32.2. The molecule has 1 aromatic carbocycles. The molecule has 5 nitrogen and oxygen atoms in total. The molecular weight excluding hydrogens is 274 g/mol. The molecule has 20 heavy (non-hydrogen) atoms. The van der Waals surface area contributed by atoms with Crippen LogP contribution in [-0.2, 0) is 10.0 Å². The number of nitrogens with two attached hydrogens (primary N) is 1. The second-order valence-corrected chi connectivity index (χ2v) is 6.72. The molecule has 2 N–H and O–H groups in total. The molecule has 0 unspecified atom stereocenters. The summed E-state index contributed by atoms with van der Waals surface area (Å²) in [7, 11) is -3.77. The summed E-state index contributed by atoms with van der Waals surface area (Å²) in [6.07, 6.45) is 7.29. The second-order valence-electron chi connectivity index (χ2n) is 4.81. The largest absolute Gasteiger partial charge is 0.399 e. The molecule has 0 aliphatic heterocycles. The average Bonchev–Trinajstić information content (AvgIpc) is 3.21. The van der Waals surface area contributed by atoms with Gasteiger partial charge in [-0.15, -0.1) is 6.42 Å². The van der Waals surface area contributed by atoms with Crippen LogP contribution in [0.3, 0.4) is 0 Å². The van der Waals surface area contributed by atoms with Gasteiger partial charge < -0.3 is 5.73 Å². The summed E-state index contributed by atoms with van der Waals surface area (Å²) in [6.45, 7) is 0.413. The Labute approximate surface area is 119 Å². The third kappa shape index (κ3) is 2.93. The zero-order valence-corrected chi connectivity index (χ0v) is 11.7. The Morgan fingerprint density at radius 3 is 2.70 bits per heavy atom. The van der Waals surface area contributed by atoms with Crippen molar-refractivity contribution in [2.45, 2.75) is 17.7 Å². The maximum absolute atomic E-state index is 12.6. The van der Waals surface area contributed by atoms with Gasteiger partial charge in [0, 0.05) is 12.2 Å². The number of anilines is 1. The molecule has 0 amide bonds. The Bertz CT molecular complexity index is 694. The lowest BCUT2D eigenvalue weighted by Crippen LogP contribution is -2.33. The van der Waals surface area contributed by atoms with Crippen LogP contribution in [0.25, 0.3) is 0 Å². The molecule has 0 spiro atoms. The van der Waals surface area contributed by atoms with E-state index in [1.54, 1.807) is 0 Å². The van der Waals surface area contributed by atoms with Gasteiger partial charge in [0.25, 0.3) is 0 Å². The van der Waals surface area contributed by atoms with Gasteiger partial charge in [0.05, 0.1) is 12.1 Å². The molecule has 2 rings (SSSR count). The van der Waals surface area contributed by atoms with Crippen molar-refractivity contribution in [1.29, 1.82) is 5.26 Å². The highest BCUT2D eigenvalue weighted by molar-refractivity contribution is 7.89. The zero-order valence-electron chi connectivity index (χ0n) is 10.9. The normalized spacial score (nSPS) is 14.8. The van der Waals surface area contributed by atoms with Crippen molar-refractivity contribution in [2.24, 2.45) is 5.92 Å². The third-order valence-corrected chi connectivity index (χ3v) is 5.04. The van der Waals surface area contributed by atoms with Crippen LogP contribution >= 0.6 is 0 Å². The molecule has 1 fully saturated rings. The van der Waals surface area contributed by atoms with Crippen LogP contribution in [0.15, 0.2) is 23.1 Å². The molecular formula is C14H15N3O2S. The number of hydrogen-bond donors (Lipinski definition) is 1. The van der Waals surface area contributed by atoms with Crippen LogP contribution in [0.4, 0.5) is 5.69 Å². The van der Waals surface area contributed by atoms with Crippen molar-refractivity contribution in [3.63, 3.8) is 0 Å². The van der Waals surface area contributed by atoms with E-state index in [4.69, 9.17) is 17.4 Å². The Kier molecular flexibility index (Phi) is 3.99. The Morgan fingerprint density at radius 1 is 1.45 bits per heavy atom. The van der Waals surface area contributed by atoms with Gasteiger partial charge in [-0.05, 0) is 37.0 Å². The number of nitrogen functional groups attached to an aromatic ring is 1. The van der Waals surface area contributed by atoms with Crippen molar-refractivity contribution < 1.29 is 8.42 Å². The molecule has 6 heteroatoms. The van der Waals surface area contributed by atoms with E-state index in [1.807, 2.05) is 6.07 Å². The van der Waals surface area contributed by atoms with E-state index in [2.05, 4.69) is 5.92 Å². The van der Waals surface area contributed by atoms with Gasteiger partial charge in [0.2, 0.25) is 10.0 Å². The lowest BCUT2D eigenvalue weighted by molar-refractivity contribution is 0.430. The van der Waals surface area contributed by atoms with E-state index in [0.717, 1.165) is 12.8 Å². The molecule has 1 aliphatic carbocycles. The molecule has 1 aromatic rings. The second kappa shape index (κ2) is 5.54. The Hall–Kier alpha value is -2.02. The number of nitriles is 1. The fourth-order valence-corrected chi connectivity index (χ4v) is 3.49. The Morgan fingerprint density at radius 2 is 2.15 bits per heavy atom. The van der Waals surface area contributed by atoms with E-state index in [1.165, 1.54) is 22.5 Å². The first-order valence-electron chi connectivity index (χ1n) is 6.22. The number of terminal acetylenes is 1. The molecule has 0 aromatic heterocycles. The van der Waals surface area contributed by atoms with Crippen LogP contribution < -0.4 is 5.73 Å². The van der Waals surface area contributed by atoms with Gasteiger partial charge in [0.15, 0.2) is 0 Å². The number of rotatable bonds is 5. The molecule has 0 heterocycles. The summed E-state index contributed by atoms with van der Waals surface area (Å²) < 4.78 is 26.5. The predicted octanol–water partition coefficient (Wildman–Crippen LogP) is 1.17. The SMILES string of the molecule is C#CCN(CC1CC1)S(=O)(=O)c1ccc(N)cc1C#N. The highest BCUT2D eigenvalue weighted by Gasteiger charge is 2.32. The third-order valence-electron chi connectivity index (χ3n) is 3.17. The first kappa shape index (κ1) is 14.4. The maximum atomic E-state index is 12.6. The Balaban J connectivity index is 2.42. The van der Waals surface area contributed by atoms with Crippen LogP contribution in [0.5, 0.6) is 0 Å². The molecule has 0 atom stereocenters. The predicted molar refractivity (Wildman–Crippen MR) is 75.9 cm³/mol. The van der Waals surface area contributed by atoms with Gasteiger partial charge in [-0.3, -0.25) is 0 Å². The molecule has 104 valence electrons. The minimum absolute atomic E-state index is 0.00801. The van der Waals surface area contributed by atoms with Crippen LogP contribution in [0.2, 0.25) is 0 Å². The van der Waals surface area contributed by atoms with Crippen LogP contribution in [0.1, 0.15) is 18.4 Å². The number of benzene rings is 1. The number of nitrogens with zero attached hydrogens (tertiary/aromatic N) is 2. The maximum Gasteiger partial charge on any atom is 0.245 e. The lowest BCUT2D eigenvalue weighted by Gasteiger charge is -2.20. The van der Waals surface area contributed by atoms with E-state index in [9.17, 15) is 8.42 Å². The standard InChI is InChI=1S/C14H15N3O2S/c1-2-7-17(10-11-3-4-11)20(18,19)14-6-5-13(16)8-12(14)9-15/h1,5-6,8,11H,3-4,7,10,16H2. The summed E-state index contributed by atoms with van der Waals surface area (Å²) in [4.78, 5) is -0.0369.